The van der Waals surface area contributed by atoms with Gasteiger partial charge in [0.15, 0.2) is 0 Å². The molecule has 0 amide bonds. The van der Waals surface area contributed by atoms with Crippen LogP contribution in [0.2, 0.25) is 0 Å². The van der Waals surface area contributed by atoms with Crippen molar-refractivity contribution in [1.82, 2.24) is 9.88 Å². The van der Waals surface area contributed by atoms with Crippen molar-refractivity contribution in [2.24, 2.45) is 0 Å². The van der Waals surface area contributed by atoms with Gasteiger partial charge in [-0.1, -0.05) is 0 Å². The van der Waals surface area contributed by atoms with Crippen LogP contribution in [0, 0.1) is 0 Å². The van der Waals surface area contributed by atoms with Crippen molar-refractivity contribution in [1.29, 1.82) is 0 Å². The predicted molar refractivity (Wildman–Crippen MR) is 74.8 cm³/mol. The lowest BCUT2D eigenvalue weighted by atomic mass is 9.98. The second-order valence-electron chi connectivity index (χ2n) is 5.60. The molecule has 1 aliphatic carbocycles. The van der Waals surface area contributed by atoms with Crippen LogP contribution in [0.25, 0.3) is 0 Å². The van der Waals surface area contributed by atoms with Gasteiger partial charge in [0.05, 0.1) is 17.2 Å². The number of fused-ring (bicyclic) bond motifs is 1. The number of carboxylic acid groups (broad SMARTS) is 1. The van der Waals surface area contributed by atoms with Gasteiger partial charge in [-0.15, -0.1) is 11.3 Å². The molecule has 1 aromatic heterocycles. The zero-order valence-electron chi connectivity index (χ0n) is 11.1. The van der Waals surface area contributed by atoms with E-state index in [1.807, 2.05) is 11.3 Å². The summed E-state index contributed by atoms with van der Waals surface area (Å²) in [7, 11) is 0. The van der Waals surface area contributed by atoms with Gasteiger partial charge in [-0.2, -0.15) is 0 Å². The third-order valence-corrected chi connectivity index (χ3v) is 5.40. The third-order valence-electron chi connectivity index (χ3n) is 4.08. The fourth-order valence-corrected chi connectivity index (χ4v) is 4.42. The highest BCUT2D eigenvalue weighted by atomic mass is 32.1. The van der Waals surface area contributed by atoms with Gasteiger partial charge in [-0.05, 0) is 45.1 Å². The fraction of sp³-hybridized carbons (Fsp3) is 0.714. The van der Waals surface area contributed by atoms with E-state index in [0.29, 0.717) is 5.92 Å². The van der Waals surface area contributed by atoms with Crippen molar-refractivity contribution in [3.05, 3.63) is 15.6 Å². The number of likely N-dealkylation sites (tertiary alicyclic amines) is 1. The van der Waals surface area contributed by atoms with Gasteiger partial charge in [-0.3, -0.25) is 9.69 Å². The SMILES string of the molecule is O=C(O)CN1CCCC(c2nc3c(s2)CCCC3)C1. The molecule has 2 aliphatic rings. The number of aliphatic carboxylic acids is 1. The van der Waals surface area contributed by atoms with Gasteiger partial charge in [0.2, 0.25) is 0 Å². The number of carboxylic acids is 1. The molecule has 0 bridgehead atoms. The Morgan fingerprint density at radius 3 is 3.00 bits per heavy atom. The average Bonchev–Trinajstić information content (AvgIpc) is 2.82. The normalized spacial score (nSPS) is 24.1. The van der Waals surface area contributed by atoms with Crippen LogP contribution >= 0.6 is 11.3 Å². The molecule has 1 unspecified atom stereocenters. The molecule has 0 aromatic carbocycles. The highest BCUT2D eigenvalue weighted by Crippen LogP contribution is 2.34. The quantitative estimate of drug-likeness (QED) is 0.923. The lowest BCUT2D eigenvalue weighted by Crippen LogP contribution is -2.37. The highest BCUT2D eigenvalue weighted by Gasteiger charge is 2.26. The minimum Gasteiger partial charge on any atom is -0.480 e. The first-order valence-electron chi connectivity index (χ1n) is 7.15. The average molecular weight is 280 g/mol. The summed E-state index contributed by atoms with van der Waals surface area (Å²) in [6.07, 6.45) is 7.14. The van der Waals surface area contributed by atoms with Crippen LogP contribution < -0.4 is 0 Å². The molecule has 5 heteroatoms. The second-order valence-corrected chi connectivity index (χ2v) is 6.71. The Kier molecular flexibility index (Phi) is 3.84. The molecule has 1 atom stereocenters. The van der Waals surface area contributed by atoms with E-state index in [9.17, 15) is 4.79 Å². The van der Waals surface area contributed by atoms with Crippen molar-refractivity contribution in [2.45, 2.75) is 44.4 Å². The molecule has 2 heterocycles. The van der Waals surface area contributed by atoms with Crippen LogP contribution in [0.3, 0.4) is 0 Å². The van der Waals surface area contributed by atoms with Crippen molar-refractivity contribution in [3.63, 3.8) is 0 Å². The molecular formula is C14H20N2O2S. The zero-order valence-corrected chi connectivity index (χ0v) is 11.9. The van der Waals surface area contributed by atoms with E-state index in [2.05, 4.69) is 4.90 Å². The Morgan fingerprint density at radius 2 is 2.21 bits per heavy atom. The van der Waals surface area contributed by atoms with E-state index >= 15 is 0 Å². The predicted octanol–water partition coefficient (Wildman–Crippen LogP) is 2.29. The number of aromatic nitrogens is 1. The summed E-state index contributed by atoms with van der Waals surface area (Å²) >= 11 is 1.88. The maximum Gasteiger partial charge on any atom is 0.317 e. The van der Waals surface area contributed by atoms with E-state index in [4.69, 9.17) is 10.1 Å². The molecule has 4 nitrogen and oxygen atoms in total. The molecule has 1 saturated heterocycles. The third kappa shape index (κ3) is 2.98. The second kappa shape index (κ2) is 5.59. The van der Waals surface area contributed by atoms with Crippen molar-refractivity contribution in [2.75, 3.05) is 19.6 Å². The number of rotatable bonds is 3. The Labute approximate surface area is 117 Å². The van der Waals surface area contributed by atoms with Crippen LogP contribution in [0.15, 0.2) is 0 Å². The summed E-state index contributed by atoms with van der Waals surface area (Å²) in [5.74, 6) is -0.275. The summed E-state index contributed by atoms with van der Waals surface area (Å²) in [6, 6.07) is 0. The standard InChI is InChI=1S/C14H20N2O2S/c17-13(18)9-16-7-3-4-10(8-16)14-15-11-5-1-2-6-12(11)19-14/h10H,1-9H2,(H,17,18). The summed E-state index contributed by atoms with van der Waals surface area (Å²) in [5, 5.41) is 10.2. The van der Waals surface area contributed by atoms with Gasteiger partial charge < -0.3 is 5.11 Å². The van der Waals surface area contributed by atoms with Gasteiger partial charge in [-0.25, -0.2) is 4.98 Å². The first-order chi connectivity index (χ1) is 9.22. The molecule has 1 fully saturated rings. The van der Waals surface area contributed by atoms with E-state index in [0.717, 1.165) is 32.4 Å². The Morgan fingerprint density at radius 1 is 1.37 bits per heavy atom. The van der Waals surface area contributed by atoms with Crippen LogP contribution in [-0.4, -0.2) is 40.6 Å². The number of aryl methyl sites for hydroxylation is 2. The van der Waals surface area contributed by atoms with Crippen LogP contribution in [0.4, 0.5) is 0 Å². The molecule has 19 heavy (non-hydrogen) atoms. The van der Waals surface area contributed by atoms with E-state index in [1.54, 1.807) is 0 Å². The van der Waals surface area contributed by atoms with Crippen LogP contribution in [-0.2, 0) is 17.6 Å². The van der Waals surface area contributed by atoms with Gasteiger partial charge in [0.1, 0.15) is 0 Å². The highest BCUT2D eigenvalue weighted by molar-refractivity contribution is 7.11. The number of carbonyl (C=O) groups is 1. The van der Waals surface area contributed by atoms with Crippen molar-refractivity contribution in [3.8, 4) is 0 Å². The molecule has 104 valence electrons. The lowest BCUT2D eigenvalue weighted by molar-refractivity contribution is -0.138. The van der Waals surface area contributed by atoms with E-state index in [1.165, 1.54) is 34.8 Å². The first kappa shape index (κ1) is 13.1. The number of nitrogens with zero attached hydrogens (tertiary/aromatic N) is 2. The lowest BCUT2D eigenvalue weighted by Gasteiger charge is -2.30. The van der Waals surface area contributed by atoms with Crippen molar-refractivity contribution >= 4 is 17.3 Å². The number of thiazole rings is 1. The van der Waals surface area contributed by atoms with E-state index < -0.39 is 5.97 Å². The Bertz CT molecular complexity index is 449. The van der Waals surface area contributed by atoms with Gasteiger partial charge >= 0.3 is 5.97 Å². The minimum absolute atomic E-state index is 0.168. The Balaban J connectivity index is 1.70. The summed E-state index contributed by atoms with van der Waals surface area (Å²) in [4.78, 5) is 19.2. The number of hydrogen-bond donors (Lipinski definition) is 1. The summed E-state index contributed by atoms with van der Waals surface area (Å²) in [5.41, 5.74) is 1.32. The monoisotopic (exact) mass is 280 g/mol. The van der Waals surface area contributed by atoms with E-state index in [-0.39, 0.29) is 6.54 Å². The molecule has 0 saturated carbocycles. The maximum atomic E-state index is 10.8. The maximum absolute atomic E-state index is 10.8. The van der Waals surface area contributed by atoms with Gasteiger partial charge in [0, 0.05) is 17.3 Å². The topological polar surface area (TPSA) is 53.4 Å². The molecule has 1 aliphatic heterocycles. The molecule has 0 spiro atoms. The summed E-state index contributed by atoms with van der Waals surface area (Å²) in [6.45, 7) is 1.94. The minimum atomic E-state index is -0.723. The number of hydrogen-bond acceptors (Lipinski definition) is 4. The fourth-order valence-electron chi connectivity index (χ4n) is 3.14. The first-order valence-corrected chi connectivity index (χ1v) is 7.96. The molecule has 1 aromatic rings. The smallest absolute Gasteiger partial charge is 0.317 e. The summed E-state index contributed by atoms with van der Waals surface area (Å²) < 4.78 is 0. The van der Waals surface area contributed by atoms with Crippen molar-refractivity contribution < 1.29 is 9.90 Å². The zero-order chi connectivity index (χ0) is 13.2. The largest absolute Gasteiger partial charge is 0.480 e. The molecular weight excluding hydrogens is 260 g/mol. The van der Waals surface area contributed by atoms with Crippen LogP contribution in [0.1, 0.15) is 47.2 Å². The molecule has 1 N–H and O–H groups in total. The van der Waals surface area contributed by atoms with Crippen LogP contribution in [0.5, 0.6) is 0 Å². The Hall–Kier alpha value is -0.940. The number of piperidine rings is 1. The molecule has 3 rings (SSSR count). The molecule has 0 radical (unpaired) electrons. The van der Waals surface area contributed by atoms with Gasteiger partial charge in [0.25, 0.3) is 0 Å².